The topological polar surface area (TPSA) is 118 Å². The molecule has 1 aliphatic rings. The summed E-state index contributed by atoms with van der Waals surface area (Å²) in [4.78, 5) is 21.0. The lowest BCUT2D eigenvalue weighted by Crippen LogP contribution is -2.44. The monoisotopic (exact) mass is 436 g/mol. The number of hydrogen-bond donors (Lipinski definition) is 2. The van der Waals surface area contributed by atoms with Crippen molar-refractivity contribution >= 4 is 17.1 Å². The number of rotatable bonds is 6. The second kappa shape index (κ2) is 8.19. The fourth-order valence-electron chi connectivity index (χ4n) is 3.72. The van der Waals surface area contributed by atoms with Gasteiger partial charge in [-0.3, -0.25) is 9.78 Å². The third-order valence-electron chi connectivity index (χ3n) is 5.38. The number of aromatic amines is 1. The summed E-state index contributed by atoms with van der Waals surface area (Å²) < 4.78 is 40.9. The van der Waals surface area contributed by atoms with Gasteiger partial charge in [0.1, 0.15) is 24.0 Å². The van der Waals surface area contributed by atoms with Crippen LogP contribution in [0.1, 0.15) is 18.4 Å². The third kappa shape index (κ3) is 3.95. The Morgan fingerprint density at radius 1 is 1.23 bits per heavy atom. The zero-order chi connectivity index (χ0) is 22.2. The van der Waals surface area contributed by atoms with Crippen LogP contribution in [0.4, 0.5) is 14.7 Å². The molecule has 3 heterocycles. The van der Waals surface area contributed by atoms with Gasteiger partial charge in [-0.25, -0.2) is 13.5 Å². The zero-order valence-electron chi connectivity index (χ0n) is 17.1. The summed E-state index contributed by atoms with van der Waals surface area (Å²) in [6.45, 7) is 0.875. The minimum Gasteiger partial charge on any atom is -0.491 e. The highest BCUT2D eigenvalue weighted by Gasteiger charge is 2.39. The smallest absolute Gasteiger partial charge is 0.282 e. The van der Waals surface area contributed by atoms with Gasteiger partial charge >= 0.3 is 0 Å². The standard InChI is InChI=1S/C19H22F2N6O4/c1-26-16-15(24-25-26)17(28)23-18(22-16)27-5-3-19(29,4-6-27)14-12(20)9-11(10-13(14)21)31-8-7-30-2/h9-10,29H,3-8H2,1-2H3,(H,22,23,28). The maximum absolute atomic E-state index is 14.7. The van der Waals surface area contributed by atoms with Crippen LogP contribution in [0.2, 0.25) is 0 Å². The second-order valence-electron chi connectivity index (χ2n) is 7.40. The number of hydrogen-bond acceptors (Lipinski definition) is 8. The van der Waals surface area contributed by atoms with E-state index in [4.69, 9.17) is 9.47 Å². The quantitative estimate of drug-likeness (QED) is 0.546. The average Bonchev–Trinajstić information content (AvgIpc) is 3.09. The van der Waals surface area contributed by atoms with Crippen LogP contribution in [0.3, 0.4) is 0 Å². The Balaban J connectivity index is 1.54. The van der Waals surface area contributed by atoms with Crippen molar-refractivity contribution in [2.24, 2.45) is 7.05 Å². The summed E-state index contributed by atoms with van der Waals surface area (Å²) in [5, 5.41) is 18.6. The number of benzene rings is 1. The maximum Gasteiger partial charge on any atom is 0.282 e. The first-order valence-electron chi connectivity index (χ1n) is 9.70. The van der Waals surface area contributed by atoms with E-state index in [9.17, 15) is 18.7 Å². The first-order chi connectivity index (χ1) is 14.8. The van der Waals surface area contributed by atoms with Gasteiger partial charge in [0.05, 0.1) is 17.8 Å². The first kappa shape index (κ1) is 21.1. The van der Waals surface area contributed by atoms with Crippen LogP contribution >= 0.6 is 0 Å². The number of anilines is 1. The molecule has 1 aliphatic heterocycles. The van der Waals surface area contributed by atoms with Crippen molar-refractivity contribution in [2.75, 3.05) is 38.3 Å². The molecule has 0 atom stereocenters. The third-order valence-corrected chi connectivity index (χ3v) is 5.38. The molecule has 0 bridgehead atoms. The molecule has 1 saturated heterocycles. The molecule has 0 saturated carbocycles. The van der Waals surface area contributed by atoms with E-state index in [2.05, 4.69) is 20.3 Å². The van der Waals surface area contributed by atoms with Crippen LogP contribution in [0, 0.1) is 11.6 Å². The molecule has 0 aliphatic carbocycles. The minimum atomic E-state index is -1.70. The van der Waals surface area contributed by atoms with Crippen molar-refractivity contribution in [3.8, 4) is 5.75 Å². The fourth-order valence-corrected chi connectivity index (χ4v) is 3.72. The van der Waals surface area contributed by atoms with Gasteiger partial charge in [-0.1, -0.05) is 5.21 Å². The maximum atomic E-state index is 14.7. The summed E-state index contributed by atoms with van der Waals surface area (Å²) in [5.74, 6) is -1.45. The summed E-state index contributed by atoms with van der Waals surface area (Å²) in [6, 6.07) is 2.11. The Bertz CT molecular complexity index is 1130. The van der Waals surface area contributed by atoms with Gasteiger partial charge in [-0.2, -0.15) is 4.98 Å². The summed E-state index contributed by atoms with van der Waals surface area (Å²) in [6.07, 6.45) is 0.0756. The summed E-state index contributed by atoms with van der Waals surface area (Å²) >= 11 is 0. The van der Waals surface area contributed by atoms with Crippen molar-refractivity contribution in [2.45, 2.75) is 18.4 Å². The predicted molar refractivity (Wildman–Crippen MR) is 106 cm³/mol. The van der Waals surface area contributed by atoms with E-state index in [-0.39, 0.29) is 61.9 Å². The molecular weight excluding hydrogens is 414 g/mol. The normalized spacial score (nSPS) is 16.1. The molecule has 0 amide bonds. The molecule has 3 aromatic rings. The summed E-state index contributed by atoms with van der Waals surface area (Å²) in [7, 11) is 3.11. The Labute approximate surface area is 175 Å². The van der Waals surface area contributed by atoms with Gasteiger partial charge < -0.3 is 19.5 Å². The van der Waals surface area contributed by atoms with E-state index in [1.165, 1.54) is 11.8 Å². The van der Waals surface area contributed by atoms with Gasteiger partial charge in [0.2, 0.25) is 5.95 Å². The van der Waals surface area contributed by atoms with Crippen LogP contribution < -0.4 is 15.2 Å². The van der Waals surface area contributed by atoms with Crippen LogP contribution in [0.15, 0.2) is 16.9 Å². The summed E-state index contributed by atoms with van der Waals surface area (Å²) in [5.41, 5.74) is -2.08. The lowest BCUT2D eigenvalue weighted by atomic mass is 9.83. The van der Waals surface area contributed by atoms with Crippen LogP contribution in [-0.2, 0) is 17.4 Å². The van der Waals surface area contributed by atoms with Gasteiger partial charge in [0, 0.05) is 39.4 Å². The Morgan fingerprint density at radius 2 is 1.90 bits per heavy atom. The minimum absolute atomic E-state index is 0.0247. The van der Waals surface area contributed by atoms with Crippen molar-refractivity contribution in [1.82, 2.24) is 25.0 Å². The number of aryl methyl sites for hydroxylation is 1. The molecular formula is C19H22F2N6O4. The number of fused-ring (bicyclic) bond motifs is 1. The van der Waals surface area contributed by atoms with Gasteiger partial charge in [0.15, 0.2) is 11.2 Å². The van der Waals surface area contributed by atoms with Gasteiger partial charge in [0.25, 0.3) is 5.56 Å². The fraction of sp³-hybridized carbons (Fsp3) is 0.474. The van der Waals surface area contributed by atoms with Crippen LogP contribution in [0.25, 0.3) is 11.2 Å². The number of aromatic nitrogens is 5. The average molecular weight is 436 g/mol. The highest BCUT2D eigenvalue weighted by molar-refractivity contribution is 5.69. The molecule has 0 spiro atoms. The van der Waals surface area contributed by atoms with Crippen molar-refractivity contribution in [1.29, 1.82) is 0 Å². The molecule has 12 heteroatoms. The lowest BCUT2D eigenvalue weighted by Gasteiger charge is -2.38. The molecule has 2 aromatic heterocycles. The lowest BCUT2D eigenvalue weighted by molar-refractivity contribution is 0.00468. The number of nitrogens with one attached hydrogen (secondary N) is 1. The molecule has 1 fully saturated rings. The molecule has 0 unspecified atom stereocenters. The molecule has 166 valence electrons. The Hall–Kier alpha value is -3.12. The number of nitrogens with zero attached hydrogens (tertiary/aromatic N) is 5. The van der Waals surface area contributed by atoms with E-state index >= 15 is 0 Å². The van der Waals surface area contributed by atoms with Crippen molar-refractivity contribution in [3.63, 3.8) is 0 Å². The Morgan fingerprint density at radius 3 is 2.55 bits per heavy atom. The molecule has 0 radical (unpaired) electrons. The predicted octanol–water partition coefficient (Wildman–Crippen LogP) is 0.843. The number of halogens is 2. The van der Waals surface area contributed by atoms with E-state index < -0.39 is 22.8 Å². The number of ether oxygens (including phenoxy) is 2. The van der Waals surface area contributed by atoms with E-state index in [1.807, 2.05) is 0 Å². The number of piperidine rings is 1. The van der Waals surface area contributed by atoms with Crippen molar-refractivity contribution < 1.29 is 23.4 Å². The van der Waals surface area contributed by atoms with Crippen LogP contribution in [-0.4, -0.2) is 63.5 Å². The van der Waals surface area contributed by atoms with E-state index in [0.29, 0.717) is 5.65 Å². The van der Waals surface area contributed by atoms with E-state index in [1.54, 1.807) is 11.9 Å². The largest absolute Gasteiger partial charge is 0.491 e. The molecule has 4 rings (SSSR count). The van der Waals surface area contributed by atoms with Gasteiger partial charge in [-0.05, 0) is 12.8 Å². The number of H-pyrrole nitrogens is 1. The number of methoxy groups -OCH3 is 1. The highest BCUT2D eigenvalue weighted by atomic mass is 19.1. The van der Waals surface area contributed by atoms with Gasteiger partial charge in [-0.15, -0.1) is 5.10 Å². The van der Waals surface area contributed by atoms with Crippen molar-refractivity contribution in [3.05, 3.63) is 39.7 Å². The van der Waals surface area contributed by atoms with Crippen LogP contribution in [0.5, 0.6) is 5.75 Å². The molecule has 10 nitrogen and oxygen atoms in total. The molecule has 1 aromatic carbocycles. The first-order valence-corrected chi connectivity index (χ1v) is 9.70. The Kier molecular flexibility index (Phi) is 5.58. The zero-order valence-corrected chi connectivity index (χ0v) is 17.1. The highest BCUT2D eigenvalue weighted by Crippen LogP contribution is 2.38. The SMILES string of the molecule is COCCOc1cc(F)c(C2(O)CCN(c3nc4c(nnn4C)c(=O)[nH]3)CC2)c(F)c1. The van der Waals surface area contributed by atoms with E-state index in [0.717, 1.165) is 12.1 Å². The number of aliphatic hydroxyl groups is 1. The molecule has 2 N–H and O–H groups in total. The molecule has 31 heavy (non-hydrogen) atoms. The second-order valence-corrected chi connectivity index (χ2v) is 7.40.